The van der Waals surface area contributed by atoms with Gasteiger partial charge in [-0.25, -0.2) is 4.52 Å². The second-order valence-electron chi connectivity index (χ2n) is 4.98. The Kier molecular flexibility index (Phi) is 3.48. The molecule has 0 aromatic carbocycles. The smallest absolute Gasteiger partial charge is 0.244 e. The van der Waals surface area contributed by atoms with Gasteiger partial charge in [-0.05, 0) is 31.9 Å². The molecule has 1 fully saturated rings. The van der Waals surface area contributed by atoms with Gasteiger partial charge in [-0.3, -0.25) is 4.79 Å². The van der Waals surface area contributed by atoms with E-state index in [0.717, 1.165) is 25.9 Å². The van der Waals surface area contributed by atoms with E-state index < -0.39 is 0 Å². The Labute approximate surface area is 121 Å². The number of nitrogens with zero attached hydrogens (tertiary/aromatic N) is 4. The predicted octanol–water partition coefficient (Wildman–Crippen LogP) is 1.81. The molecule has 1 aliphatic rings. The van der Waals surface area contributed by atoms with Gasteiger partial charge >= 0.3 is 0 Å². The van der Waals surface area contributed by atoms with Gasteiger partial charge in [0.25, 0.3) is 0 Å². The van der Waals surface area contributed by atoms with Crippen LogP contribution in [-0.2, 0) is 4.79 Å². The molecule has 3 heterocycles. The highest BCUT2D eigenvalue weighted by Crippen LogP contribution is 2.14. The number of fused-ring (bicyclic) bond motifs is 1. The summed E-state index contributed by atoms with van der Waals surface area (Å²) in [5.74, 6) is 0.534. The SMILES string of the molecule is CC(Nc1nc2ccc(Cl)cn2n1)C(=O)N1CCCC1. The Morgan fingerprint density at radius 3 is 2.90 bits per heavy atom. The maximum Gasteiger partial charge on any atom is 0.244 e. The van der Waals surface area contributed by atoms with Crippen molar-refractivity contribution < 1.29 is 4.79 Å². The lowest BCUT2D eigenvalue weighted by atomic mass is 10.3. The number of amides is 1. The maximum atomic E-state index is 12.2. The van der Waals surface area contributed by atoms with Crippen molar-refractivity contribution in [1.82, 2.24) is 19.5 Å². The van der Waals surface area contributed by atoms with E-state index in [1.54, 1.807) is 22.8 Å². The summed E-state index contributed by atoms with van der Waals surface area (Å²) < 4.78 is 1.59. The third-order valence-electron chi connectivity index (χ3n) is 3.43. The van der Waals surface area contributed by atoms with Crippen LogP contribution in [0.3, 0.4) is 0 Å². The highest BCUT2D eigenvalue weighted by atomic mass is 35.5. The van der Waals surface area contributed by atoms with Crippen LogP contribution in [0.2, 0.25) is 5.02 Å². The first-order chi connectivity index (χ1) is 9.63. The molecule has 1 aliphatic heterocycles. The van der Waals surface area contributed by atoms with Gasteiger partial charge in [0, 0.05) is 19.3 Å². The maximum absolute atomic E-state index is 12.2. The van der Waals surface area contributed by atoms with Gasteiger partial charge in [-0.15, -0.1) is 5.10 Å². The monoisotopic (exact) mass is 293 g/mol. The largest absolute Gasteiger partial charge is 0.341 e. The van der Waals surface area contributed by atoms with E-state index in [1.807, 2.05) is 11.8 Å². The van der Waals surface area contributed by atoms with Gasteiger partial charge in [0.2, 0.25) is 11.9 Å². The number of anilines is 1. The first kappa shape index (κ1) is 13.2. The molecule has 20 heavy (non-hydrogen) atoms. The first-order valence-electron chi connectivity index (χ1n) is 6.71. The predicted molar refractivity (Wildman–Crippen MR) is 76.9 cm³/mol. The number of rotatable bonds is 3. The molecule has 7 heteroatoms. The number of aromatic nitrogens is 3. The van der Waals surface area contributed by atoms with Crippen LogP contribution in [0.25, 0.3) is 5.65 Å². The molecule has 2 aromatic rings. The van der Waals surface area contributed by atoms with Gasteiger partial charge in [0.1, 0.15) is 6.04 Å². The van der Waals surface area contributed by atoms with E-state index in [0.29, 0.717) is 16.6 Å². The summed E-state index contributed by atoms with van der Waals surface area (Å²) in [7, 11) is 0. The number of likely N-dealkylation sites (tertiary alicyclic amines) is 1. The van der Waals surface area contributed by atoms with Crippen LogP contribution in [0.1, 0.15) is 19.8 Å². The van der Waals surface area contributed by atoms with Gasteiger partial charge in [0.15, 0.2) is 5.65 Å². The minimum atomic E-state index is -0.332. The molecule has 0 bridgehead atoms. The molecule has 1 N–H and O–H groups in total. The summed E-state index contributed by atoms with van der Waals surface area (Å²) in [4.78, 5) is 18.4. The average molecular weight is 294 g/mol. The Hall–Kier alpha value is -1.82. The van der Waals surface area contributed by atoms with Crippen molar-refractivity contribution >= 4 is 29.1 Å². The van der Waals surface area contributed by atoms with Crippen LogP contribution in [0, 0.1) is 0 Å². The van der Waals surface area contributed by atoms with Gasteiger partial charge in [-0.2, -0.15) is 4.98 Å². The average Bonchev–Trinajstić information content (AvgIpc) is 3.05. The van der Waals surface area contributed by atoms with E-state index in [-0.39, 0.29) is 11.9 Å². The standard InChI is InChI=1S/C13H16ClN5O/c1-9(12(20)18-6-2-3-7-18)15-13-16-11-5-4-10(14)8-19(11)17-13/h4-5,8-9H,2-3,6-7H2,1H3,(H,15,17). The van der Waals surface area contributed by atoms with Crippen LogP contribution in [0.5, 0.6) is 0 Å². The van der Waals surface area contributed by atoms with Gasteiger partial charge in [-0.1, -0.05) is 11.6 Å². The third kappa shape index (κ3) is 2.56. The van der Waals surface area contributed by atoms with Crippen molar-refractivity contribution in [3.63, 3.8) is 0 Å². The Morgan fingerprint density at radius 1 is 1.40 bits per heavy atom. The van der Waals surface area contributed by atoms with Crippen molar-refractivity contribution in [2.45, 2.75) is 25.8 Å². The number of pyridine rings is 1. The molecule has 6 nitrogen and oxygen atoms in total. The lowest BCUT2D eigenvalue weighted by Gasteiger charge is -2.20. The number of nitrogens with one attached hydrogen (secondary N) is 1. The Morgan fingerprint density at radius 2 is 2.15 bits per heavy atom. The van der Waals surface area contributed by atoms with Crippen molar-refractivity contribution in [2.24, 2.45) is 0 Å². The van der Waals surface area contributed by atoms with Gasteiger partial charge in [0.05, 0.1) is 5.02 Å². The van der Waals surface area contributed by atoms with Gasteiger partial charge < -0.3 is 10.2 Å². The zero-order valence-corrected chi connectivity index (χ0v) is 12.0. The lowest BCUT2D eigenvalue weighted by molar-refractivity contribution is -0.130. The molecular weight excluding hydrogens is 278 g/mol. The van der Waals surface area contributed by atoms with Crippen LogP contribution in [0.4, 0.5) is 5.95 Å². The molecule has 3 rings (SSSR count). The van der Waals surface area contributed by atoms with Crippen molar-refractivity contribution in [2.75, 3.05) is 18.4 Å². The Balaban J connectivity index is 1.73. The second kappa shape index (κ2) is 5.28. The van der Waals surface area contributed by atoms with Crippen molar-refractivity contribution in [3.05, 3.63) is 23.4 Å². The fraction of sp³-hybridized carbons (Fsp3) is 0.462. The summed E-state index contributed by atoms with van der Waals surface area (Å²) in [6.45, 7) is 3.53. The number of hydrogen-bond acceptors (Lipinski definition) is 4. The van der Waals surface area contributed by atoms with E-state index in [1.165, 1.54) is 0 Å². The number of halogens is 1. The highest BCUT2D eigenvalue weighted by Gasteiger charge is 2.23. The van der Waals surface area contributed by atoms with Crippen molar-refractivity contribution in [3.8, 4) is 0 Å². The zero-order valence-electron chi connectivity index (χ0n) is 11.2. The topological polar surface area (TPSA) is 62.5 Å². The molecule has 0 saturated carbocycles. The Bertz CT molecular complexity index is 635. The first-order valence-corrected chi connectivity index (χ1v) is 7.08. The van der Waals surface area contributed by atoms with Crippen LogP contribution >= 0.6 is 11.6 Å². The number of carbonyl (C=O) groups is 1. The molecule has 0 radical (unpaired) electrons. The molecule has 0 aliphatic carbocycles. The minimum Gasteiger partial charge on any atom is -0.341 e. The summed E-state index contributed by atoms with van der Waals surface area (Å²) >= 11 is 5.90. The highest BCUT2D eigenvalue weighted by molar-refractivity contribution is 6.30. The van der Waals surface area contributed by atoms with E-state index in [4.69, 9.17) is 11.6 Å². The van der Waals surface area contributed by atoms with Crippen LogP contribution < -0.4 is 5.32 Å². The number of carbonyl (C=O) groups excluding carboxylic acids is 1. The molecule has 1 saturated heterocycles. The second-order valence-corrected chi connectivity index (χ2v) is 5.42. The quantitative estimate of drug-likeness (QED) is 0.937. The molecular formula is C13H16ClN5O. The third-order valence-corrected chi connectivity index (χ3v) is 3.65. The fourth-order valence-corrected chi connectivity index (χ4v) is 2.54. The van der Waals surface area contributed by atoms with E-state index in [2.05, 4.69) is 15.4 Å². The molecule has 1 atom stereocenters. The summed E-state index contributed by atoms with van der Waals surface area (Å²) in [5, 5.41) is 7.90. The molecule has 1 unspecified atom stereocenters. The summed E-state index contributed by atoms with van der Waals surface area (Å²) in [6.07, 6.45) is 3.86. The van der Waals surface area contributed by atoms with Crippen LogP contribution in [0.15, 0.2) is 18.3 Å². The molecule has 1 amide bonds. The molecule has 2 aromatic heterocycles. The van der Waals surface area contributed by atoms with E-state index >= 15 is 0 Å². The minimum absolute atomic E-state index is 0.0967. The molecule has 0 spiro atoms. The van der Waals surface area contributed by atoms with E-state index in [9.17, 15) is 4.79 Å². The number of hydrogen-bond donors (Lipinski definition) is 1. The zero-order chi connectivity index (χ0) is 14.1. The van der Waals surface area contributed by atoms with Crippen LogP contribution in [-0.4, -0.2) is 44.5 Å². The summed E-state index contributed by atoms with van der Waals surface area (Å²) in [6, 6.07) is 3.21. The molecule has 106 valence electrons. The fourth-order valence-electron chi connectivity index (χ4n) is 2.39. The normalized spacial score (nSPS) is 16.6. The lowest BCUT2D eigenvalue weighted by Crippen LogP contribution is -2.39. The summed E-state index contributed by atoms with van der Waals surface area (Å²) in [5.41, 5.74) is 0.692. The van der Waals surface area contributed by atoms with Crippen molar-refractivity contribution in [1.29, 1.82) is 0 Å².